The van der Waals surface area contributed by atoms with E-state index in [0.29, 0.717) is 21.7 Å². The first-order valence-electron chi connectivity index (χ1n) is 6.05. The maximum Gasteiger partial charge on any atom is 0.353 e. The maximum absolute atomic E-state index is 12.1. The molecule has 0 fully saturated rings. The minimum Gasteiger partial charge on any atom is -0.478 e. The van der Waals surface area contributed by atoms with Gasteiger partial charge in [0, 0.05) is 11.4 Å². The lowest BCUT2D eigenvalue weighted by atomic mass is 10.1. The van der Waals surface area contributed by atoms with E-state index in [4.69, 9.17) is 21.1 Å². The Kier molecular flexibility index (Phi) is 3.68. The summed E-state index contributed by atoms with van der Waals surface area (Å²) in [6.45, 7) is 0. The molecule has 0 spiro atoms. The molecular formula is C15H10BrClO3. The molecule has 1 aliphatic heterocycles. The minimum absolute atomic E-state index is 0.413. The topological polar surface area (TPSA) is 35.5 Å². The second-order valence-electron chi connectivity index (χ2n) is 4.41. The molecule has 20 heavy (non-hydrogen) atoms. The predicted molar refractivity (Wildman–Crippen MR) is 79.3 cm³/mol. The van der Waals surface area contributed by atoms with E-state index in [1.54, 1.807) is 18.2 Å². The van der Waals surface area contributed by atoms with Gasteiger partial charge in [0.15, 0.2) is 6.10 Å². The Bertz CT molecular complexity index is 647. The number of para-hydroxylation sites is 1. The van der Waals surface area contributed by atoms with E-state index in [-0.39, 0.29) is 0 Å². The monoisotopic (exact) mass is 352 g/mol. The van der Waals surface area contributed by atoms with Crippen LogP contribution in [0.1, 0.15) is 5.56 Å². The second kappa shape index (κ2) is 5.46. The van der Waals surface area contributed by atoms with Crippen molar-refractivity contribution in [2.45, 2.75) is 12.5 Å². The summed E-state index contributed by atoms with van der Waals surface area (Å²) >= 11 is 9.16. The van der Waals surface area contributed by atoms with Crippen molar-refractivity contribution in [3.8, 4) is 11.5 Å². The van der Waals surface area contributed by atoms with Gasteiger partial charge in [-0.05, 0) is 45.8 Å². The van der Waals surface area contributed by atoms with E-state index in [2.05, 4.69) is 15.9 Å². The number of carbonyl (C=O) groups is 1. The van der Waals surface area contributed by atoms with E-state index in [0.717, 1.165) is 11.3 Å². The quantitative estimate of drug-likeness (QED) is 0.604. The smallest absolute Gasteiger partial charge is 0.353 e. The SMILES string of the molecule is O=C(Oc1ccc(Cl)cc1Br)C1Cc2ccccc2O1. The van der Waals surface area contributed by atoms with Crippen molar-refractivity contribution in [1.82, 2.24) is 0 Å². The fourth-order valence-corrected chi connectivity index (χ4v) is 2.81. The Morgan fingerprint density at radius 2 is 2.10 bits per heavy atom. The van der Waals surface area contributed by atoms with Gasteiger partial charge in [-0.15, -0.1) is 0 Å². The molecule has 2 aromatic carbocycles. The van der Waals surface area contributed by atoms with Crippen LogP contribution in [-0.2, 0) is 11.2 Å². The second-order valence-corrected chi connectivity index (χ2v) is 5.70. The predicted octanol–water partition coefficient (Wildman–Crippen LogP) is 4.01. The molecule has 3 nitrogen and oxygen atoms in total. The molecule has 0 amide bonds. The lowest BCUT2D eigenvalue weighted by Gasteiger charge is -2.11. The molecule has 0 radical (unpaired) electrons. The number of ether oxygens (including phenoxy) is 2. The number of rotatable bonds is 2. The molecule has 0 N–H and O–H groups in total. The van der Waals surface area contributed by atoms with Crippen LogP contribution >= 0.6 is 27.5 Å². The van der Waals surface area contributed by atoms with Gasteiger partial charge in [0.25, 0.3) is 0 Å². The van der Waals surface area contributed by atoms with Crippen molar-refractivity contribution >= 4 is 33.5 Å². The Balaban J connectivity index is 1.72. The van der Waals surface area contributed by atoms with Gasteiger partial charge >= 0.3 is 5.97 Å². The highest BCUT2D eigenvalue weighted by Gasteiger charge is 2.30. The molecule has 0 aromatic heterocycles. The number of hydrogen-bond donors (Lipinski definition) is 0. The summed E-state index contributed by atoms with van der Waals surface area (Å²) in [7, 11) is 0. The van der Waals surface area contributed by atoms with Gasteiger partial charge < -0.3 is 9.47 Å². The third-order valence-electron chi connectivity index (χ3n) is 3.01. The summed E-state index contributed by atoms with van der Waals surface area (Å²) in [5.41, 5.74) is 1.02. The van der Waals surface area contributed by atoms with Gasteiger partial charge in [-0.2, -0.15) is 0 Å². The fraction of sp³-hybridized carbons (Fsp3) is 0.133. The van der Waals surface area contributed by atoms with Crippen LogP contribution in [0.4, 0.5) is 0 Å². The van der Waals surface area contributed by atoms with E-state index >= 15 is 0 Å². The van der Waals surface area contributed by atoms with Gasteiger partial charge in [-0.3, -0.25) is 0 Å². The summed E-state index contributed by atoms with van der Waals surface area (Å²) in [5, 5.41) is 0.571. The summed E-state index contributed by atoms with van der Waals surface area (Å²) < 4.78 is 11.6. The highest BCUT2D eigenvalue weighted by molar-refractivity contribution is 9.10. The number of hydrogen-bond acceptors (Lipinski definition) is 3. The first kappa shape index (κ1) is 13.5. The summed E-state index contributed by atoms with van der Waals surface area (Å²) in [5.74, 6) is 0.757. The largest absolute Gasteiger partial charge is 0.478 e. The Morgan fingerprint density at radius 3 is 2.85 bits per heavy atom. The average Bonchev–Trinajstić information content (AvgIpc) is 2.86. The summed E-state index contributed by atoms with van der Waals surface area (Å²) in [4.78, 5) is 12.1. The third-order valence-corrected chi connectivity index (χ3v) is 3.87. The highest BCUT2D eigenvalue weighted by Crippen LogP contribution is 2.31. The Hall–Kier alpha value is -1.52. The standard InChI is InChI=1S/C15H10BrClO3/c16-11-8-10(17)5-6-13(11)20-15(18)14-7-9-3-1-2-4-12(9)19-14/h1-6,8,14H,7H2. The first-order valence-corrected chi connectivity index (χ1v) is 7.22. The van der Waals surface area contributed by atoms with Gasteiger partial charge in [0.2, 0.25) is 0 Å². The van der Waals surface area contributed by atoms with Crippen LogP contribution in [0.15, 0.2) is 46.9 Å². The van der Waals surface area contributed by atoms with Crippen molar-refractivity contribution in [3.63, 3.8) is 0 Å². The van der Waals surface area contributed by atoms with Crippen LogP contribution in [0.3, 0.4) is 0 Å². The number of esters is 1. The zero-order valence-electron chi connectivity index (χ0n) is 10.3. The number of benzene rings is 2. The molecule has 5 heteroatoms. The van der Waals surface area contributed by atoms with Crippen molar-refractivity contribution in [1.29, 1.82) is 0 Å². The van der Waals surface area contributed by atoms with Crippen LogP contribution in [0.2, 0.25) is 5.02 Å². The van der Waals surface area contributed by atoms with Crippen LogP contribution in [0.25, 0.3) is 0 Å². The van der Waals surface area contributed by atoms with Crippen LogP contribution in [0, 0.1) is 0 Å². The molecule has 0 aliphatic carbocycles. The third kappa shape index (κ3) is 2.67. The van der Waals surface area contributed by atoms with Crippen molar-refractivity contribution in [3.05, 3.63) is 57.5 Å². The molecule has 1 unspecified atom stereocenters. The molecule has 1 aliphatic rings. The molecule has 0 saturated carbocycles. The molecule has 1 atom stereocenters. The van der Waals surface area contributed by atoms with Crippen molar-refractivity contribution < 1.29 is 14.3 Å². The van der Waals surface area contributed by atoms with Crippen LogP contribution in [-0.4, -0.2) is 12.1 Å². The number of fused-ring (bicyclic) bond motifs is 1. The first-order chi connectivity index (χ1) is 9.63. The average molecular weight is 354 g/mol. The zero-order valence-corrected chi connectivity index (χ0v) is 12.6. The molecule has 102 valence electrons. The fourth-order valence-electron chi connectivity index (χ4n) is 2.05. The molecule has 0 saturated heterocycles. The molecule has 2 aromatic rings. The maximum atomic E-state index is 12.1. The highest BCUT2D eigenvalue weighted by atomic mass is 79.9. The van der Waals surface area contributed by atoms with E-state index < -0.39 is 12.1 Å². The van der Waals surface area contributed by atoms with Gasteiger partial charge in [-0.25, -0.2) is 4.79 Å². The molecule has 0 bridgehead atoms. The van der Waals surface area contributed by atoms with Gasteiger partial charge in [-0.1, -0.05) is 29.8 Å². The van der Waals surface area contributed by atoms with Crippen LogP contribution < -0.4 is 9.47 Å². The minimum atomic E-state index is -0.602. The summed E-state index contributed by atoms with van der Waals surface area (Å²) in [6.07, 6.45) is -0.0739. The zero-order chi connectivity index (χ0) is 14.1. The van der Waals surface area contributed by atoms with Crippen molar-refractivity contribution in [2.24, 2.45) is 0 Å². The number of halogens is 2. The lowest BCUT2D eigenvalue weighted by molar-refractivity contribution is -0.141. The van der Waals surface area contributed by atoms with Gasteiger partial charge in [0.1, 0.15) is 11.5 Å². The van der Waals surface area contributed by atoms with E-state index in [1.165, 1.54) is 0 Å². The molecule has 3 rings (SSSR count). The van der Waals surface area contributed by atoms with E-state index in [1.807, 2.05) is 24.3 Å². The van der Waals surface area contributed by atoms with Crippen molar-refractivity contribution in [2.75, 3.05) is 0 Å². The summed E-state index contributed by atoms with van der Waals surface area (Å²) in [6, 6.07) is 12.6. The molecular weight excluding hydrogens is 344 g/mol. The lowest BCUT2D eigenvalue weighted by Crippen LogP contribution is -2.29. The van der Waals surface area contributed by atoms with Gasteiger partial charge in [0.05, 0.1) is 4.47 Å². The van der Waals surface area contributed by atoms with E-state index in [9.17, 15) is 4.79 Å². The normalized spacial score (nSPS) is 16.4. The Morgan fingerprint density at radius 1 is 1.30 bits per heavy atom. The Labute approximate surface area is 129 Å². The molecule has 1 heterocycles. The number of carbonyl (C=O) groups excluding carboxylic acids is 1. The van der Waals surface area contributed by atoms with Crippen LogP contribution in [0.5, 0.6) is 11.5 Å².